The molecule has 5 heteroatoms. The number of aromatic nitrogens is 1. The zero-order chi connectivity index (χ0) is 12.1. The van der Waals surface area contributed by atoms with Crippen LogP contribution in [0.15, 0.2) is 22.8 Å². The van der Waals surface area contributed by atoms with Gasteiger partial charge in [-0.2, -0.15) is 5.26 Å². The molecule has 1 fully saturated rings. The largest absolute Gasteiger partial charge is 0.314 e. The van der Waals surface area contributed by atoms with Crippen molar-refractivity contribution in [3.63, 3.8) is 0 Å². The molecule has 1 aliphatic rings. The highest BCUT2D eigenvalue weighted by Crippen LogP contribution is 2.23. The fraction of sp³-hybridized carbons (Fsp3) is 0.500. The van der Waals surface area contributed by atoms with Gasteiger partial charge in [-0.15, -0.1) is 0 Å². The summed E-state index contributed by atoms with van der Waals surface area (Å²) in [6, 6.07) is 8.25. The van der Waals surface area contributed by atoms with Crippen molar-refractivity contribution in [2.24, 2.45) is 0 Å². The lowest BCUT2D eigenvalue weighted by molar-refractivity contribution is 0.172. The van der Waals surface area contributed by atoms with E-state index < -0.39 is 0 Å². The Morgan fingerprint density at radius 3 is 2.88 bits per heavy atom. The van der Waals surface area contributed by atoms with E-state index in [4.69, 9.17) is 5.26 Å². The Labute approximate surface area is 110 Å². The number of nitriles is 1. The predicted molar refractivity (Wildman–Crippen MR) is 69.4 cm³/mol. The molecule has 0 saturated carbocycles. The summed E-state index contributed by atoms with van der Waals surface area (Å²) in [5.41, 5.74) is 0.975. The molecule has 0 bridgehead atoms. The Bertz CT molecular complexity index is 409. The molecule has 0 radical (unpaired) electrons. The molecule has 2 heterocycles. The quantitative estimate of drug-likeness (QED) is 0.862. The molecule has 1 aromatic rings. The number of rotatable bonds is 3. The Kier molecular flexibility index (Phi) is 4.49. The van der Waals surface area contributed by atoms with Crippen LogP contribution in [0.4, 0.5) is 0 Å². The van der Waals surface area contributed by atoms with E-state index in [1.165, 1.54) is 0 Å². The first-order chi connectivity index (χ1) is 8.31. The second kappa shape index (κ2) is 6.10. The van der Waals surface area contributed by atoms with Gasteiger partial charge in [0, 0.05) is 26.2 Å². The van der Waals surface area contributed by atoms with Crippen molar-refractivity contribution in [2.75, 3.05) is 26.2 Å². The van der Waals surface area contributed by atoms with Crippen LogP contribution in [0.1, 0.15) is 18.2 Å². The SMILES string of the molecule is N#CC[C@@H](c1cccc(Br)n1)N1CCNCC1. The van der Waals surface area contributed by atoms with Crippen molar-refractivity contribution in [3.8, 4) is 6.07 Å². The van der Waals surface area contributed by atoms with Gasteiger partial charge in [0.25, 0.3) is 0 Å². The molecule has 90 valence electrons. The molecule has 0 aromatic carbocycles. The molecule has 17 heavy (non-hydrogen) atoms. The smallest absolute Gasteiger partial charge is 0.106 e. The van der Waals surface area contributed by atoms with E-state index in [1.807, 2.05) is 18.2 Å². The summed E-state index contributed by atoms with van der Waals surface area (Å²) in [7, 11) is 0. The summed E-state index contributed by atoms with van der Waals surface area (Å²) in [6.45, 7) is 3.91. The number of nitrogens with zero attached hydrogens (tertiary/aromatic N) is 3. The summed E-state index contributed by atoms with van der Waals surface area (Å²) >= 11 is 3.38. The van der Waals surface area contributed by atoms with Gasteiger partial charge in [-0.25, -0.2) is 4.98 Å². The average molecular weight is 295 g/mol. The monoisotopic (exact) mass is 294 g/mol. The first-order valence-electron chi connectivity index (χ1n) is 5.75. The lowest BCUT2D eigenvalue weighted by Crippen LogP contribution is -2.45. The molecular weight excluding hydrogens is 280 g/mol. The zero-order valence-corrected chi connectivity index (χ0v) is 11.2. The van der Waals surface area contributed by atoms with Crippen molar-refractivity contribution in [2.45, 2.75) is 12.5 Å². The van der Waals surface area contributed by atoms with Crippen LogP contribution in [0, 0.1) is 11.3 Å². The van der Waals surface area contributed by atoms with Crippen LogP contribution < -0.4 is 5.32 Å². The fourth-order valence-electron chi connectivity index (χ4n) is 2.11. The number of hydrogen-bond acceptors (Lipinski definition) is 4. The first kappa shape index (κ1) is 12.5. The third kappa shape index (κ3) is 3.25. The Morgan fingerprint density at radius 2 is 2.24 bits per heavy atom. The van der Waals surface area contributed by atoms with Gasteiger partial charge < -0.3 is 5.32 Å². The van der Waals surface area contributed by atoms with Gasteiger partial charge in [-0.05, 0) is 28.1 Å². The maximum Gasteiger partial charge on any atom is 0.106 e. The van der Waals surface area contributed by atoms with E-state index in [2.05, 4.69) is 37.2 Å². The van der Waals surface area contributed by atoms with Gasteiger partial charge in [0.05, 0.1) is 24.2 Å². The minimum Gasteiger partial charge on any atom is -0.314 e. The minimum atomic E-state index is 0.111. The molecule has 1 aromatic heterocycles. The standard InChI is InChI=1S/C12H15BrN4/c13-12-3-1-2-10(16-12)11(4-5-14)17-8-6-15-7-9-17/h1-3,11,15H,4,6-9H2/t11-/m0/s1. The normalized spacial score (nSPS) is 18.6. The van der Waals surface area contributed by atoms with Crippen molar-refractivity contribution >= 4 is 15.9 Å². The molecule has 0 amide bonds. The molecule has 4 nitrogen and oxygen atoms in total. The zero-order valence-electron chi connectivity index (χ0n) is 9.56. The van der Waals surface area contributed by atoms with Crippen LogP contribution in [0.2, 0.25) is 0 Å². The van der Waals surface area contributed by atoms with Gasteiger partial charge in [-0.3, -0.25) is 4.90 Å². The van der Waals surface area contributed by atoms with Gasteiger partial charge >= 0.3 is 0 Å². The van der Waals surface area contributed by atoms with Crippen molar-refractivity contribution in [3.05, 3.63) is 28.5 Å². The summed E-state index contributed by atoms with van der Waals surface area (Å²) in [4.78, 5) is 6.80. The van der Waals surface area contributed by atoms with Gasteiger partial charge in [0.15, 0.2) is 0 Å². The lowest BCUT2D eigenvalue weighted by Gasteiger charge is -2.33. The van der Waals surface area contributed by atoms with Crippen molar-refractivity contribution in [1.82, 2.24) is 15.2 Å². The molecular formula is C12H15BrN4. The fourth-order valence-corrected chi connectivity index (χ4v) is 2.47. The van der Waals surface area contributed by atoms with Crippen LogP contribution in [0.5, 0.6) is 0 Å². The van der Waals surface area contributed by atoms with Crippen LogP contribution in [0.25, 0.3) is 0 Å². The van der Waals surface area contributed by atoms with Crippen LogP contribution in [0.3, 0.4) is 0 Å². The number of halogens is 1. The Balaban J connectivity index is 2.19. The topological polar surface area (TPSA) is 52.0 Å². The van der Waals surface area contributed by atoms with Gasteiger partial charge in [-0.1, -0.05) is 6.07 Å². The van der Waals surface area contributed by atoms with Crippen LogP contribution in [-0.2, 0) is 0 Å². The maximum absolute atomic E-state index is 8.97. The summed E-state index contributed by atoms with van der Waals surface area (Å²) in [5.74, 6) is 0. The van der Waals surface area contributed by atoms with Crippen LogP contribution >= 0.6 is 15.9 Å². The highest BCUT2D eigenvalue weighted by atomic mass is 79.9. The molecule has 1 N–H and O–H groups in total. The second-order valence-electron chi connectivity index (χ2n) is 4.05. The Morgan fingerprint density at radius 1 is 1.47 bits per heavy atom. The molecule has 0 spiro atoms. The van der Waals surface area contributed by atoms with Crippen molar-refractivity contribution < 1.29 is 0 Å². The molecule has 2 rings (SSSR count). The predicted octanol–water partition coefficient (Wildman–Crippen LogP) is 1.70. The lowest BCUT2D eigenvalue weighted by atomic mass is 10.1. The first-order valence-corrected chi connectivity index (χ1v) is 6.55. The third-order valence-electron chi connectivity index (χ3n) is 2.96. The highest BCUT2D eigenvalue weighted by molar-refractivity contribution is 9.10. The number of piperazine rings is 1. The molecule has 1 aliphatic heterocycles. The van der Waals surface area contributed by atoms with E-state index in [1.54, 1.807) is 0 Å². The summed E-state index contributed by atoms with van der Waals surface area (Å²) < 4.78 is 0.827. The molecule has 1 saturated heterocycles. The second-order valence-corrected chi connectivity index (χ2v) is 4.86. The Hall–Kier alpha value is -0.960. The van der Waals surface area contributed by atoms with E-state index in [0.717, 1.165) is 36.5 Å². The van der Waals surface area contributed by atoms with Gasteiger partial charge in [0.1, 0.15) is 4.60 Å². The highest BCUT2D eigenvalue weighted by Gasteiger charge is 2.22. The molecule has 0 aliphatic carbocycles. The maximum atomic E-state index is 8.97. The average Bonchev–Trinajstić information content (AvgIpc) is 2.37. The number of hydrogen-bond donors (Lipinski definition) is 1. The minimum absolute atomic E-state index is 0.111. The summed E-state index contributed by atoms with van der Waals surface area (Å²) in [6.07, 6.45) is 0.490. The third-order valence-corrected chi connectivity index (χ3v) is 3.40. The number of nitrogens with one attached hydrogen (secondary N) is 1. The van der Waals surface area contributed by atoms with Gasteiger partial charge in [0.2, 0.25) is 0 Å². The van der Waals surface area contributed by atoms with E-state index >= 15 is 0 Å². The van der Waals surface area contributed by atoms with E-state index in [0.29, 0.717) is 6.42 Å². The van der Waals surface area contributed by atoms with Crippen LogP contribution in [-0.4, -0.2) is 36.1 Å². The molecule has 0 unspecified atom stereocenters. The van der Waals surface area contributed by atoms with E-state index in [9.17, 15) is 0 Å². The molecule has 1 atom stereocenters. The summed E-state index contributed by atoms with van der Waals surface area (Å²) in [5, 5.41) is 12.3. The van der Waals surface area contributed by atoms with Crippen molar-refractivity contribution in [1.29, 1.82) is 5.26 Å². The van der Waals surface area contributed by atoms with E-state index in [-0.39, 0.29) is 6.04 Å². The number of pyridine rings is 1.